The van der Waals surface area contributed by atoms with E-state index in [0.29, 0.717) is 23.3 Å². The Morgan fingerprint density at radius 3 is 2.60 bits per heavy atom. The number of nitrogens with zero attached hydrogens (tertiary/aromatic N) is 3. The maximum absolute atomic E-state index is 13.8. The number of rotatable bonds is 7. The highest BCUT2D eigenvalue weighted by Crippen LogP contribution is 2.32. The van der Waals surface area contributed by atoms with Gasteiger partial charge in [-0.3, -0.25) is 4.79 Å². The molecule has 3 rings (SSSR count). The summed E-state index contributed by atoms with van der Waals surface area (Å²) in [5.74, 6) is -3.79. The lowest BCUT2D eigenvalue weighted by atomic mass is 10.2. The van der Waals surface area contributed by atoms with E-state index in [4.69, 9.17) is 4.74 Å². The summed E-state index contributed by atoms with van der Waals surface area (Å²) in [6.45, 7) is 4.04. The average Bonchev–Trinajstić information content (AvgIpc) is 3.16. The van der Waals surface area contributed by atoms with Gasteiger partial charge in [0.15, 0.2) is 28.4 Å². The quantitative estimate of drug-likeness (QED) is 0.436. The number of hydrogen-bond donors (Lipinski definition) is 1. The van der Waals surface area contributed by atoms with Crippen LogP contribution in [-0.4, -0.2) is 33.0 Å². The molecule has 0 spiro atoms. The fraction of sp³-hybridized carbons (Fsp3) is 0.250. The number of para-hydroxylation sites is 1. The van der Waals surface area contributed by atoms with Crippen LogP contribution in [0.15, 0.2) is 41.6 Å². The fourth-order valence-corrected chi connectivity index (χ4v) is 3.67. The maximum atomic E-state index is 13.8. The third-order valence-electron chi connectivity index (χ3n) is 4.33. The molecule has 1 amide bonds. The Balaban J connectivity index is 1.80. The van der Waals surface area contributed by atoms with Crippen molar-refractivity contribution < 1.29 is 22.7 Å². The van der Waals surface area contributed by atoms with Gasteiger partial charge in [0.2, 0.25) is 5.91 Å². The molecule has 0 aliphatic heterocycles. The van der Waals surface area contributed by atoms with Crippen molar-refractivity contribution in [1.82, 2.24) is 14.8 Å². The maximum Gasteiger partial charge on any atom is 0.237 e. The second kappa shape index (κ2) is 9.21. The number of aromatic nitrogens is 3. The lowest BCUT2D eigenvalue weighted by Crippen LogP contribution is -2.23. The van der Waals surface area contributed by atoms with Gasteiger partial charge in [0.05, 0.1) is 23.6 Å². The van der Waals surface area contributed by atoms with E-state index in [-0.39, 0.29) is 0 Å². The van der Waals surface area contributed by atoms with Crippen LogP contribution in [0.1, 0.15) is 13.8 Å². The standard InChI is InChI=1S/C20H19F3N4O2S/c1-4-27-18(12-7-5-6-8-15(12)29-3)25-26-20(27)30-11(2)19(28)24-14-10-9-13(21)16(22)17(14)23/h5-11H,4H2,1-3H3,(H,24,28). The Hall–Kier alpha value is -3.01. The number of halogens is 3. The number of carbonyl (C=O) groups is 1. The van der Waals surface area contributed by atoms with Crippen LogP contribution >= 0.6 is 11.8 Å². The number of carbonyl (C=O) groups excluding carboxylic acids is 1. The van der Waals surface area contributed by atoms with E-state index < -0.39 is 34.3 Å². The Labute approximate surface area is 175 Å². The van der Waals surface area contributed by atoms with E-state index in [2.05, 4.69) is 15.5 Å². The number of ether oxygens (including phenoxy) is 1. The van der Waals surface area contributed by atoms with Gasteiger partial charge in [-0.2, -0.15) is 0 Å². The minimum absolute atomic E-state index is 0.432. The largest absolute Gasteiger partial charge is 0.496 e. The smallest absolute Gasteiger partial charge is 0.237 e. The molecule has 10 heteroatoms. The Bertz CT molecular complexity index is 1070. The summed E-state index contributed by atoms with van der Waals surface area (Å²) < 4.78 is 47.5. The highest BCUT2D eigenvalue weighted by Gasteiger charge is 2.23. The van der Waals surface area contributed by atoms with Gasteiger partial charge in [0, 0.05) is 6.54 Å². The van der Waals surface area contributed by atoms with E-state index in [9.17, 15) is 18.0 Å². The third-order valence-corrected chi connectivity index (χ3v) is 5.41. The molecule has 158 valence electrons. The summed E-state index contributed by atoms with van der Waals surface area (Å²) in [6.07, 6.45) is 0. The second-order valence-corrected chi connectivity index (χ2v) is 7.53. The van der Waals surface area contributed by atoms with Crippen LogP contribution < -0.4 is 10.1 Å². The topological polar surface area (TPSA) is 69.0 Å². The van der Waals surface area contributed by atoms with Crippen LogP contribution in [0.25, 0.3) is 11.4 Å². The molecule has 0 radical (unpaired) electrons. The third kappa shape index (κ3) is 4.28. The summed E-state index contributed by atoms with van der Waals surface area (Å²) in [5.41, 5.74) is 0.320. The number of anilines is 1. The highest BCUT2D eigenvalue weighted by molar-refractivity contribution is 8.00. The first-order valence-electron chi connectivity index (χ1n) is 9.05. The van der Waals surface area contributed by atoms with Gasteiger partial charge in [0.1, 0.15) is 5.75 Å². The van der Waals surface area contributed by atoms with Crippen molar-refractivity contribution in [3.63, 3.8) is 0 Å². The second-order valence-electron chi connectivity index (χ2n) is 6.22. The Morgan fingerprint density at radius 2 is 1.90 bits per heavy atom. The van der Waals surface area contributed by atoms with Crippen molar-refractivity contribution in [2.24, 2.45) is 0 Å². The number of hydrogen-bond acceptors (Lipinski definition) is 5. The van der Waals surface area contributed by atoms with E-state index in [0.717, 1.165) is 29.5 Å². The monoisotopic (exact) mass is 436 g/mol. The zero-order valence-corrected chi connectivity index (χ0v) is 17.3. The van der Waals surface area contributed by atoms with Crippen molar-refractivity contribution >= 4 is 23.4 Å². The lowest BCUT2D eigenvalue weighted by molar-refractivity contribution is -0.115. The lowest BCUT2D eigenvalue weighted by Gasteiger charge is -2.14. The SMILES string of the molecule is CCn1c(SC(C)C(=O)Nc2ccc(F)c(F)c2F)nnc1-c1ccccc1OC. The van der Waals surface area contributed by atoms with E-state index in [1.165, 1.54) is 0 Å². The number of benzene rings is 2. The Kier molecular flexibility index (Phi) is 6.66. The van der Waals surface area contributed by atoms with E-state index in [1.54, 1.807) is 14.0 Å². The van der Waals surface area contributed by atoms with Crippen LogP contribution in [0, 0.1) is 17.5 Å². The van der Waals surface area contributed by atoms with Crippen LogP contribution in [0.4, 0.5) is 18.9 Å². The molecule has 0 fully saturated rings. The zero-order valence-electron chi connectivity index (χ0n) is 16.4. The van der Waals surface area contributed by atoms with Gasteiger partial charge in [-0.1, -0.05) is 23.9 Å². The molecule has 1 unspecified atom stereocenters. The van der Waals surface area contributed by atoms with Crippen molar-refractivity contribution in [3.05, 3.63) is 53.8 Å². The summed E-state index contributed by atoms with van der Waals surface area (Å²) in [6, 6.07) is 9.07. The minimum atomic E-state index is -1.64. The van der Waals surface area contributed by atoms with E-state index in [1.807, 2.05) is 35.8 Å². The van der Waals surface area contributed by atoms with Crippen LogP contribution in [0.2, 0.25) is 0 Å². The van der Waals surface area contributed by atoms with Gasteiger partial charge in [0.25, 0.3) is 0 Å². The first-order valence-corrected chi connectivity index (χ1v) is 9.92. The van der Waals surface area contributed by atoms with Gasteiger partial charge < -0.3 is 14.6 Å². The van der Waals surface area contributed by atoms with Crippen molar-refractivity contribution in [3.8, 4) is 17.1 Å². The zero-order chi connectivity index (χ0) is 21.8. The Morgan fingerprint density at radius 1 is 1.17 bits per heavy atom. The van der Waals surface area contributed by atoms with Crippen molar-refractivity contribution in [1.29, 1.82) is 0 Å². The summed E-state index contributed by atoms with van der Waals surface area (Å²) in [7, 11) is 1.56. The minimum Gasteiger partial charge on any atom is -0.496 e. The molecule has 1 atom stereocenters. The normalized spacial score (nSPS) is 11.9. The molecule has 30 heavy (non-hydrogen) atoms. The van der Waals surface area contributed by atoms with Crippen LogP contribution in [0.5, 0.6) is 5.75 Å². The predicted octanol–water partition coefficient (Wildman–Crippen LogP) is 4.51. The molecular weight excluding hydrogens is 417 g/mol. The van der Waals surface area contributed by atoms with Gasteiger partial charge in [-0.05, 0) is 38.1 Å². The number of methoxy groups -OCH3 is 1. The highest BCUT2D eigenvalue weighted by atomic mass is 32.2. The molecule has 3 aromatic rings. The van der Waals surface area contributed by atoms with Gasteiger partial charge >= 0.3 is 0 Å². The number of thioether (sulfide) groups is 1. The molecule has 1 heterocycles. The molecule has 0 saturated carbocycles. The predicted molar refractivity (Wildman–Crippen MR) is 108 cm³/mol. The summed E-state index contributed by atoms with van der Waals surface area (Å²) in [5, 5.41) is 10.4. The molecule has 0 saturated heterocycles. The number of amides is 1. The molecule has 0 aliphatic carbocycles. The fourth-order valence-electron chi connectivity index (χ4n) is 2.76. The molecular formula is C20H19F3N4O2S. The molecule has 2 aromatic carbocycles. The molecule has 1 aromatic heterocycles. The van der Waals surface area contributed by atoms with Crippen LogP contribution in [0.3, 0.4) is 0 Å². The molecule has 0 aliphatic rings. The molecule has 6 nitrogen and oxygen atoms in total. The first-order chi connectivity index (χ1) is 14.4. The molecule has 1 N–H and O–H groups in total. The summed E-state index contributed by atoms with van der Waals surface area (Å²) >= 11 is 1.11. The summed E-state index contributed by atoms with van der Waals surface area (Å²) in [4.78, 5) is 12.4. The number of nitrogens with one attached hydrogen (secondary N) is 1. The average molecular weight is 436 g/mol. The first kappa shape index (κ1) is 21.7. The van der Waals surface area contributed by atoms with E-state index >= 15 is 0 Å². The van der Waals surface area contributed by atoms with Crippen LogP contribution in [-0.2, 0) is 11.3 Å². The molecule has 0 bridgehead atoms. The van der Waals surface area contributed by atoms with Gasteiger partial charge in [-0.25, -0.2) is 13.2 Å². The van der Waals surface area contributed by atoms with Gasteiger partial charge in [-0.15, -0.1) is 10.2 Å². The van der Waals surface area contributed by atoms with Crippen molar-refractivity contribution in [2.75, 3.05) is 12.4 Å². The van der Waals surface area contributed by atoms with Crippen molar-refractivity contribution in [2.45, 2.75) is 30.8 Å².